The predicted octanol–water partition coefficient (Wildman–Crippen LogP) is 3.29. The number of ether oxygens (including phenoxy) is 2. The highest BCUT2D eigenvalue weighted by atomic mass is 16.5. The van der Waals surface area contributed by atoms with Crippen LogP contribution in [0, 0.1) is 0 Å². The van der Waals surface area contributed by atoms with Gasteiger partial charge in [0.1, 0.15) is 11.5 Å². The Morgan fingerprint density at radius 2 is 1.96 bits per heavy atom. The van der Waals surface area contributed by atoms with Gasteiger partial charge in [0.15, 0.2) is 0 Å². The van der Waals surface area contributed by atoms with Crippen LogP contribution < -0.4 is 20.1 Å². The molecule has 0 spiro atoms. The second-order valence-electron chi connectivity index (χ2n) is 6.15. The second kappa shape index (κ2) is 8.18. The molecule has 0 aliphatic carbocycles. The van der Waals surface area contributed by atoms with Gasteiger partial charge in [0.25, 0.3) is 0 Å². The highest BCUT2D eigenvalue weighted by Gasteiger charge is 2.26. The number of hydrogen-bond acceptors (Lipinski definition) is 4. The summed E-state index contributed by atoms with van der Waals surface area (Å²) in [5.74, 6) is 1.84. The standard InChI is InChI=1S/C20H26N2O2/c1-23-17-9-5-8-15(13-17)20-18(10-6-12-21-20)22-14-16-7-3-4-11-19(16)24-2/h3-5,7-9,11,13,18,20-22H,6,10,12,14H2,1-2H3/t18-,20-/m1/s1. The molecule has 1 fully saturated rings. The van der Waals surface area contributed by atoms with Gasteiger partial charge < -0.3 is 20.1 Å². The molecule has 2 N–H and O–H groups in total. The van der Waals surface area contributed by atoms with Crippen LogP contribution in [0.4, 0.5) is 0 Å². The van der Waals surface area contributed by atoms with Crippen LogP contribution in [0.15, 0.2) is 48.5 Å². The first kappa shape index (κ1) is 16.8. The number of methoxy groups -OCH3 is 2. The molecule has 128 valence electrons. The Hall–Kier alpha value is -2.04. The minimum atomic E-state index is 0.295. The molecular weight excluding hydrogens is 300 g/mol. The van der Waals surface area contributed by atoms with Crippen molar-refractivity contribution in [3.63, 3.8) is 0 Å². The summed E-state index contributed by atoms with van der Waals surface area (Å²) >= 11 is 0. The Bertz CT molecular complexity index is 660. The van der Waals surface area contributed by atoms with E-state index in [1.165, 1.54) is 17.5 Å². The minimum absolute atomic E-state index is 0.295. The van der Waals surface area contributed by atoms with E-state index in [1.54, 1.807) is 14.2 Å². The molecule has 3 rings (SSSR count). The average molecular weight is 326 g/mol. The fraction of sp³-hybridized carbons (Fsp3) is 0.400. The molecule has 2 aromatic rings. The van der Waals surface area contributed by atoms with Gasteiger partial charge in [-0.25, -0.2) is 0 Å². The molecule has 1 aliphatic heterocycles. The Kier molecular flexibility index (Phi) is 5.72. The lowest BCUT2D eigenvalue weighted by atomic mass is 9.92. The van der Waals surface area contributed by atoms with Crippen molar-refractivity contribution in [3.05, 3.63) is 59.7 Å². The Balaban J connectivity index is 1.72. The number of nitrogens with one attached hydrogen (secondary N) is 2. The third-order valence-electron chi connectivity index (χ3n) is 4.66. The third kappa shape index (κ3) is 3.89. The van der Waals surface area contributed by atoms with E-state index < -0.39 is 0 Å². The van der Waals surface area contributed by atoms with E-state index in [2.05, 4.69) is 41.0 Å². The van der Waals surface area contributed by atoms with Crippen LogP contribution in [0.5, 0.6) is 11.5 Å². The first-order chi connectivity index (χ1) is 11.8. The van der Waals surface area contributed by atoms with Crippen LogP contribution in [0.3, 0.4) is 0 Å². The lowest BCUT2D eigenvalue weighted by Gasteiger charge is -2.34. The van der Waals surface area contributed by atoms with E-state index in [0.717, 1.165) is 31.0 Å². The molecule has 2 atom stereocenters. The summed E-state index contributed by atoms with van der Waals surface area (Å²) in [5, 5.41) is 7.37. The van der Waals surface area contributed by atoms with Gasteiger partial charge in [0.05, 0.1) is 14.2 Å². The van der Waals surface area contributed by atoms with Crippen LogP contribution in [-0.2, 0) is 6.54 Å². The van der Waals surface area contributed by atoms with Crippen LogP contribution in [0.25, 0.3) is 0 Å². The summed E-state index contributed by atoms with van der Waals surface area (Å²) < 4.78 is 10.8. The topological polar surface area (TPSA) is 42.5 Å². The zero-order chi connectivity index (χ0) is 16.8. The van der Waals surface area contributed by atoms with Crippen molar-refractivity contribution in [1.29, 1.82) is 0 Å². The fourth-order valence-electron chi connectivity index (χ4n) is 3.38. The molecule has 24 heavy (non-hydrogen) atoms. The number of rotatable bonds is 6. The molecular formula is C20H26N2O2. The highest BCUT2D eigenvalue weighted by molar-refractivity contribution is 5.34. The van der Waals surface area contributed by atoms with Gasteiger partial charge in [-0.15, -0.1) is 0 Å². The van der Waals surface area contributed by atoms with E-state index in [9.17, 15) is 0 Å². The monoisotopic (exact) mass is 326 g/mol. The van der Waals surface area contributed by atoms with Crippen molar-refractivity contribution in [1.82, 2.24) is 10.6 Å². The maximum atomic E-state index is 5.45. The molecule has 0 radical (unpaired) electrons. The lowest BCUT2D eigenvalue weighted by molar-refractivity contribution is 0.302. The average Bonchev–Trinajstić information content (AvgIpc) is 2.67. The highest BCUT2D eigenvalue weighted by Crippen LogP contribution is 2.27. The van der Waals surface area contributed by atoms with Crippen molar-refractivity contribution in [3.8, 4) is 11.5 Å². The van der Waals surface area contributed by atoms with E-state index >= 15 is 0 Å². The molecule has 1 aliphatic rings. The molecule has 2 aromatic carbocycles. The number of para-hydroxylation sites is 1. The Morgan fingerprint density at radius 3 is 2.79 bits per heavy atom. The molecule has 4 heteroatoms. The fourth-order valence-corrected chi connectivity index (χ4v) is 3.38. The van der Waals surface area contributed by atoms with Gasteiger partial charge in [-0.05, 0) is 43.1 Å². The molecule has 4 nitrogen and oxygen atoms in total. The van der Waals surface area contributed by atoms with Crippen LogP contribution >= 0.6 is 0 Å². The first-order valence-electron chi connectivity index (χ1n) is 8.54. The van der Waals surface area contributed by atoms with Gasteiger partial charge in [-0.3, -0.25) is 0 Å². The number of benzene rings is 2. The van der Waals surface area contributed by atoms with Gasteiger partial charge in [0.2, 0.25) is 0 Å². The van der Waals surface area contributed by atoms with Gasteiger partial charge in [0, 0.05) is 24.2 Å². The number of piperidine rings is 1. The van der Waals surface area contributed by atoms with Crippen molar-refractivity contribution in [2.24, 2.45) is 0 Å². The largest absolute Gasteiger partial charge is 0.497 e. The molecule has 0 aromatic heterocycles. The van der Waals surface area contributed by atoms with Crippen molar-refractivity contribution in [2.45, 2.75) is 31.5 Å². The Labute approximate surface area is 144 Å². The quantitative estimate of drug-likeness (QED) is 0.855. The SMILES string of the molecule is COc1cccc([C@H]2NCCC[C@H]2NCc2ccccc2OC)c1. The van der Waals surface area contributed by atoms with Crippen molar-refractivity contribution < 1.29 is 9.47 Å². The van der Waals surface area contributed by atoms with Crippen LogP contribution in [0.2, 0.25) is 0 Å². The molecule has 0 saturated carbocycles. The molecule has 1 saturated heterocycles. The molecule has 0 unspecified atom stereocenters. The van der Waals surface area contributed by atoms with E-state index in [0.29, 0.717) is 12.1 Å². The lowest BCUT2D eigenvalue weighted by Crippen LogP contribution is -2.45. The summed E-state index contributed by atoms with van der Waals surface area (Å²) in [7, 11) is 3.44. The van der Waals surface area contributed by atoms with E-state index in [4.69, 9.17) is 9.47 Å². The van der Waals surface area contributed by atoms with Crippen molar-refractivity contribution >= 4 is 0 Å². The zero-order valence-corrected chi connectivity index (χ0v) is 14.4. The van der Waals surface area contributed by atoms with E-state index in [1.807, 2.05) is 18.2 Å². The van der Waals surface area contributed by atoms with Crippen molar-refractivity contribution in [2.75, 3.05) is 20.8 Å². The van der Waals surface area contributed by atoms with Gasteiger partial charge in [-0.2, -0.15) is 0 Å². The summed E-state index contributed by atoms with van der Waals surface area (Å²) in [6.07, 6.45) is 2.34. The maximum absolute atomic E-state index is 5.45. The number of hydrogen-bond donors (Lipinski definition) is 2. The molecule has 1 heterocycles. The predicted molar refractivity (Wildman–Crippen MR) is 96.6 cm³/mol. The van der Waals surface area contributed by atoms with E-state index in [-0.39, 0.29) is 0 Å². The third-order valence-corrected chi connectivity index (χ3v) is 4.66. The zero-order valence-electron chi connectivity index (χ0n) is 14.4. The Morgan fingerprint density at radius 1 is 1.08 bits per heavy atom. The van der Waals surface area contributed by atoms with Crippen LogP contribution in [0.1, 0.15) is 30.0 Å². The minimum Gasteiger partial charge on any atom is -0.497 e. The first-order valence-corrected chi connectivity index (χ1v) is 8.54. The maximum Gasteiger partial charge on any atom is 0.123 e. The second-order valence-corrected chi connectivity index (χ2v) is 6.15. The van der Waals surface area contributed by atoms with Crippen LogP contribution in [-0.4, -0.2) is 26.8 Å². The summed E-state index contributed by atoms with van der Waals surface area (Å²) in [5.41, 5.74) is 2.46. The molecule has 0 amide bonds. The summed E-state index contributed by atoms with van der Waals surface area (Å²) in [6, 6.07) is 17.2. The molecule has 0 bridgehead atoms. The summed E-state index contributed by atoms with van der Waals surface area (Å²) in [4.78, 5) is 0. The smallest absolute Gasteiger partial charge is 0.123 e. The summed E-state index contributed by atoms with van der Waals surface area (Å²) in [6.45, 7) is 1.85. The van der Waals surface area contributed by atoms with Gasteiger partial charge >= 0.3 is 0 Å². The van der Waals surface area contributed by atoms with Gasteiger partial charge in [-0.1, -0.05) is 30.3 Å². The normalized spacial score (nSPS) is 20.6.